The van der Waals surface area contributed by atoms with Gasteiger partial charge in [0.1, 0.15) is 11.4 Å². The van der Waals surface area contributed by atoms with Crippen molar-refractivity contribution in [3.63, 3.8) is 0 Å². The van der Waals surface area contributed by atoms with Crippen LogP contribution in [0.15, 0.2) is 30.5 Å². The van der Waals surface area contributed by atoms with Crippen LogP contribution in [-0.4, -0.2) is 32.7 Å². The lowest BCUT2D eigenvalue weighted by molar-refractivity contribution is 0.0596. The summed E-state index contributed by atoms with van der Waals surface area (Å²) in [5.41, 5.74) is -1.01. The second-order valence-electron chi connectivity index (χ2n) is 4.83. The normalized spacial score (nSPS) is 13.5. The predicted molar refractivity (Wildman–Crippen MR) is 74.0 cm³/mol. The van der Waals surface area contributed by atoms with E-state index in [1.807, 2.05) is 0 Å². The monoisotopic (exact) mass is 293 g/mol. The summed E-state index contributed by atoms with van der Waals surface area (Å²) in [4.78, 5) is 11.7. The first-order chi connectivity index (χ1) is 9.88. The molecule has 0 fully saturated rings. The number of benzene rings is 1. The quantitative estimate of drug-likeness (QED) is 0.783. The second kappa shape index (κ2) is 5.88. The number of urea groups is 1. The first kappa shape index (κ1) is 14.9. The van der Waals surface area contributed by atoms with Gasteiger partial charge in [0.25, 0.3) is 0 Å². The van der Waals surface area contributed by atoms with Gasteiger partial charge in [-0.15, -0.1) is 5.10 Å². The van der Waals surface area contributed by atoms with E-state index in [-0.39, 0.29) is 6.54 Å². The summed E-state index contributed by atoms with van der Waals surface area (Å²) in [7, 11) is 1.63. The molecule has 8 heteroatoms. The van der Waals surface area contributed by atoms with E-state index in [0.717, 1.165) is 0 Å². The minimum atomic E-state index is -1.38. The molecule has 0 saturated carbocycles. The van der Waals surface area contributed by atoms with Crippen LogP contribution in [0.1, 0.15) is 12.5 Å². The summed E-state index contributed by atoms with van der Waals surface area (Å²) in [5.74, 6) is -0.0314. The molecule has 1 heterocycles. The van der Waals surface area contributed by atoms with Crippen molar-refractivity contribution in [2.24, 2.45) is 7.05 Å². The topological polar surface area (TPSA) is 92.1 Å². The number of aromatic nitrogens is 3. The van der Waals surface area contributed by atoms with Crippen LogP contribution in [0.4, 0.5) is 15.0 Å². The Labute approximate surface area is 120 Å². The van der Waals surface area contributed by atoms with Crippen molar-refractivity contribution in [3.05, 3.63) is 41.8 Å². The van der Waals surface area contributed by atoms with E-state index in [9.17, 15) is 14.3 Å². The molecule has 2 aromatic rings. The molecule has 112 valence electrons. The van der Waals surface area contributed by atoms with Crippen LogP contribution in [-0.2, 0) is 12.6 Å². The summed E-state index contributed by atoms with van der Waals surface area (Å²) < 4.78 is 14.6. The molecule has 0 aliphatic carbocycles. The van der Waals surface area contributed by atoms with Gasteiger partial charge in [-0.25, -0.2) is 13.9 Å². The Kier molecular flexibility index (Phi) is 4.18. The van der Waals surface area contributed by atoms with Gasteiger partial charge in [0.05, 0.1) is 12.7 Å². The van der Waals surface area contributed by atoms with Crippen LogP contribution in [0.25, 0.3) is 0 Å². The maximum absolute atomic E-state index is 13.2. The van der Waals surface area contributed by atoms with Crippen molar-refractivity contribution in [2.45, 2.75) is 12.5 Å². The Balaban J connectivity index is 1.95. The molecule has 0 aliphatic rings. The summed E-state index contributed by atoms with van der Waals surface area (Å²) in [5, 5.41) is 22.6. The number of rotatable bonds is 4. The summed E-state index contributed by atoms with van der Waals surface area (Å²) in [6.07, 6.45) is 1.39. The lowest BCUT2D eigenvalue weighted by Crippen LogP contribution is -2.40. The molecule has 3 N–H and O–H groups in total. The lowest BCUT2D eigenvalue weighted by Gasteiger charge is -2.24. The van der Waals surface area contributed by atoms with Gasteiger partial charge in [-0.3, -0.25) is 5.32 Å². The smallest absolute Gasteiger partial charge is 0.320 e. The zero-order chi connectivity index (χ0) is 15.5. The highest BCUT2D eigenvalue weighted by Gasteiger charge is 2.24. The number of carbonyl (C=O) groups excluding carboxylic acids is 1. The number of anilines is 1. The Morgan fingerprint density at radius 2 is 2.29 bits per heavy atom. The van der Waals surface area contributed by atoms with Crippen LogP contribution in [0.5, 0.6) is 0 Å². The van der Waals surface area contributed by atoms with Gasteiger partial charge in [-0.1, -0.05) is 17.3 Å². The van der Waals surface area contributed by atoms with Crippen molar-refractivity contribution < 1.29 is 14.3 Å². The second-order valence-corrected chi connectivity index (χ2v) is 4.83. The van der Waals surface area contributed by atoms with E-state index in [1.165, 1.54) is 36.0 Å². The highest BCUT2D eigenvalue weighted by molar-refractivity contribution is 5.88. The maximum Gasteiger partial charge on any atom is 0.320 e. The van der Waals surface area contributed by atoms with Crippen molar-refractivity contribution in [2.75, 3.05) is 11.9 Å². The number of aliphatic hydroxyl groups is 1. The number of hydrogen-bond acceptors (Lipinski definition) is 4. The zero-order valence-electron chi connectivity index (χ0n) is 11.7. The summed E-state index contributed by atoms with van der Waals surface area (Å²) in [6.45, 7) is 1.42. The number of carbonyl (C=O) groups is 1. The Hall–Kier alpha value is -2.48. The standard InChI is InChI=1S/C13H16FN5O2/c1-13(21,9-4-3-5-10(14)6-9)8-15-12(20)17-11-7-16-18-19(11)2/h3-7,21H,8H2,1-2H3,(H2,15,17,20). The van der Waals surface area contributed by atoms with Gasteiger partial charge in [0.2, 0.25) is 0 Å². The number of nitrogens with one attached hydrogen (secondary N) is 2. The fourth-order valence-corrected chi connectivity index (χ4v) is 1.74. The third-order valence-electron chi connectivity index (χ3n) is 3.00. The maximum atomic E-state index is 13.2. The Bertz CT molecular complexity index is 641. The molecule has 2 rings (SSSR count). The van der Waals surface area contributed by atoms with Crippen LogP contribution in [0.3, 0.4) is 0 Å². The molecule has 1 unspecified atom stereocenters. The molecule has 1 aromatic heterocycles. The fraction of sp³-hybridized carbons (Fsp3) is 0.308. The largest absolute Gasteiger partial charge is 0.384 e. The average molecular weight is 293 g/mol. The minimum Gasteiger partial charge on any atom is -0.384 e. The van der Waals surface area contributed by atoms with E-state index in [4.69, 9.17) is 0 Å². The Morgan fingerprint density at radius 1 is 1.52 bits per heavy atom. The first-order valence-corrected chi connectivity index (χ1v) is 6.26. The Morgan fingerprint density at radius 3 is 2.90 bits per heavy atom. The van der Waals surface area contributed by atoms with Gasteiger partial charge in [-0.2, -0.15) is 0 Å². The number of halogens is 1. The zero-order valence-corrected chi connectivity index (χ0v) is 11.7. The SMILES string of the molecule is Cn1nncc1NC(=O)NCC(C)(O)c1cccc(F)c1. The molecule has 21 heavy (non-hydrogen) atoms. The van der Waals surface area contributed by atoms with Gasteiger partial charge in [0, 0.05) is 7.05 Å². The van der Waals surface area contributed by atoms with E-state index < -0.39 is 17.4 Å². The highest BCUT2D eigenvalue weighted by Crippen LogP contribution is 2.20. The van der Waals surface area contributed by atoms with Gasteiger partial charge < -0.3 is 10.4 Å². The summed E-state index contributed by atoms with van der Waals surface area (Å²) >= 11 is 0. The molecule has 7 nitrogen and oxygen atoms in total. The van der Waals surface area contributed by atoms with Gasteiger partial charge >= 0.3 is 6.03 Å². The first-order valence-electron chi connectivity index (χ1n) is 6.26. The lowest BCUT2D eigenvalue weighted by atomic mass is 9.96. The third kappa shape index (κ3) is 3.76. The number of hydrogen-bond donors (Lipinski definition) is 3. The summed E-state index contributed by atoms with van der Waals surface area (Å²) in [6, 6.07) is 5.09. The molecule has 0 saturated heterocycles. The van der Waals surface area contributed by atoms with Crippen LogP contribution in [0.2, 0.25) is 0 Å². The molecule has 0 bridgehead atoms. The number of aryl methyl sites for hydroxylation is 1. The van der Waals surface area contributed by atoms with Crippen molar-refractivity contribution in [3.8, 4) is 0 Å². The van der Waals surface area contributed by atoms with Crippen molar-refractivity contribution in [1.29, 1.82) is 0 Å². The van der Waals surface area contributed by atoms with E-state index in [0.29, 0.717) is 11.4 Å². The molecular weight excluding hydrogens is 277 g/mol. The highest BCUT2D eigenvalue weighted by atomic mass is 19.1. The van der Waals surface area contributed by atoms with E-state index in [2.05, 4.69) is 20.9 Å². The van der Waals surface area contributed by atoms with E-state index in [1.54, 1.807) is 13.1 Å². The molecule has 1 atom stereocenters. The van der Waals surface area contributed by atoms with Crippen LogP contribution in [0, 0.1) is 5.82 Å². The minimum absolute atomic E-state index is 0.0758. The average Bonchev–Trinajstić information content (AvgIpc) is 2.82. The van der Waals surface area contributed by atoms with Gasteiger partial charge in [0.15, 0.2) is 5.82 Å². The number of amides is 2. The molecule has 0 spiro atoms. The number of nitrogens with zero attached hydrogens (tertiary/aromatic N) is 3. The molecule has 1 aromatic carbocycles. The molecule has 0 radical (unpaired) electrons. The van der Waals surface area contributed by atoms with E-state index >= 15 is 0 Å². The van der Waals surface area contributed by atoms with Crippen LogP contribution >= 0.6 is 0 Å². The van der Waals surface area contributed by atoms with Crippen molar-refractivity contribution >= 4 is 11.8 Å². The molecule has 2 amide bonds. The predicted octanol–water partition coefficient (Wildman–Crippen LogP) is 0.983. The van der Waals surface area contributed by atoms with Crippen LogP contribution < -0.4 is 10.6 Å². The van der Waals surface area contributed by atoms with Crippen molar-refractivity contribution in [1.82, 2.24) is 20.3 Å². The fourth-order valence-electron chi connectivity index (χ4n) is 1.74. The van der Waals surface area contributed by atoms with Gasteiger partial charge in [-0.05, 0) is 24.6 Å². The third-order valence-corrected chi connectivity index (χ3v) is 3.00. The molecule has 0 aliphatic heterocycles. The molecular formula is C13H16FN5O2.